The lowest BCUT2D eigenvalue weighted by Gasteiger charge is -2.22. The van der Waals surface area contributed by atoms with Crippen LogP contribution in [0.25, 0.3) is 0 Å². The number of nitrogens with one attached hydrogen (secondary N) is 2. The first-order valence-corrected chi connectivity index (χ1v) is 8.46. The Hall–Kier alpha value is -2.76. The van der Waals surface area contributed by atoms with Gasteiger partial charge in [-0.1, -0.05) is 31.4 Å². The summed E-state index contributed by atoms with van der Waals surface area (Å²) in [7, 11) is 0. The minimum Gasteiger partial charge on any atom is -0.348 e. The monoisotopic (exact) mass is 341 g/mol. The molecule has 2 amide bonds. The summed E-state index contributed by atoms with van der Waals surface area (Å²) in [5, 5.41) is 5.55. The second kappa shape index (κ2) is 7.88. The summed E-state index contributed by atoms with van der Waals surface area (Å²) in [6, 6.07) is 10.5. The quantitative estimate of drug-likeness (QED) is 0.893. The lowest BCUT2D eigenvalue weighted by Crippen LogP contribution is -2.36. The van der Waals surface area contributed by atoms with E-state index >= 15 is 0 Å². The van der Waals surface area contributed by atoms with Crippen LogP contribution in [0.15, 0.2) is 42.5 Å². The van der Waals surface area contributed by atoms with Crippen LogP contribution in [0.1, 0.15) is 53.1 Å². The number of benzene rings is 1. The molecular weight excluding hydrogens is 321 g/mol. The molecule has 2 N–H and O–H groups in total. The fourth-order valence-corrected chi connectivity index (χ4v) is 2.96. The van der Waals surface area contributed by atoms with Gasteiger partial charge in [0.1, 0.15) is 17.2 Å². The first-order chi connectivity index (χ1) is 12.1. The number of aromatic nitrogens is 1. The molecule has 0 aliphatic heterocycles. The van der Waals surface area contributed by atoms with Crippen LogP contribution < -0.4 is 10.6 Å². The minimum atomic E-state index is -0.488. The predicted octanol–water partition coefficient (Wildman–Crippen LogP) is 3.54. The molecule has 130 valence electrons. The van der Waals surface area contributed by atoms with E-state index in [1.807, 2.05) is 0 Å². The molecule has 1 saturated carbocycles. The van der Waals surface area contributed by atoms with Gasteiger partial charge in [0.05, 0.1) is 0 Å². The fraction of sp³-hybridized carbons (Fsp3) is 0.316. The highest BCUT2D eigenvalue weighted by Crippen LogP contribution is 2.18. The normalized spacial score (nSPS) is 14.8. The summed E-state index contributed by atoms with van der Waals surface area (Å²) >= 11 is 0. The van der Waals surface area contributed by atoms with Crippen LogP contribution in [-0.4, -0.2) is 22.8 Å². The topological polar surface area (TPSA) is 71.1 Å². The second-order valence-electron chi connectivity index (χ2n) is 6.18. The number of hydrogen-bond donors (Lipinski definition) is 2. The number of pyridine rings is 1. The number of carbonyl (C=O) groups excluding carboxylic acids is 2. The standard InChI is InChI=1S/C19H20FN3O2/c20-13-6-4-9-15(12-13)22-19(25)17-11-5-10-16(23-17)18(24)21-14-7-2-1-3-8-14/h4-6,9-12,14H,1-3,7-8H2,(H,21,24)(H,22,25). The zero-order valence-electron chi connectivity index (χ0n) is 13.8. The van der Waals surface area contributed by atoms with Crippen LogP contribution in [0.2, 0.25) is 0 Å². The molecule has 5 nitrogen and oxygen atoms in total. The fourth-order valence-electron chi connectivity index (χ4n) is 2.96. The van der Waals surface area contributed by atoms with Crippen LogP contribution in [0.3, 0.4) is 0 Å². The van der Waals surface area contributed by atoms with Crippen molar-refractivity contribution in [1.82, 2.24) is 10.3 Å². The van der Waals surface area contributed by atoms with Crippen LogP contribution >= 0.6 is 0 Å². The van der Waals surface area contributed by atoms with Gasteiger partial charge in [0.2, 0.25) is 0 Å². The summed E-state index contributed by atoms with van der Waals surface area (Å²) in [4.78, 5) is 28.7. The number of amides is 2. The zero-order valence-corrected chi connectivity index (χ0v) is 13.8. The number of rotatable bonds is 4. The van der Waals surface area contributed by atoms with E-state index < -0.39 is 11.7 Å². The molecule has 0 radical (unpaired) electrons. The summed E-state index contributed by atoms with van der Waals surface area (Å²) < 4.78 is 13.2. The van der Waals surface area contributed by atoms with Crippen LogP contribution in [-0.2, 0) is 0 Å². The Morgan fingerprint density at radius 1 is 0.960 bits per heavy atom. The highest BCUT2D eigenvalue weighted by atomic mass is 19.1. The van der Waals surface area contributed by atoms with Crippen molar-refractivity contribution in [3.63, 3.8) is 0 Å². The van der Waals surface area contributed by atoms with Gasteiger partial charge >= 0.3 is 0 Å². The molecule has 1 heterocycles. The number of halogens is 1. The molecule has 3 rings (SSSR count). The average molecular weight is 341 g/mol. The minimum absolute atomic E-state index is 0.112. The highest BCUT2D eigenvalue weighted by molar-refractivity contribution is 6.03. The Bertz CT molecular complexity index is 773. The van der Waals surface area contributed by atoms with Gasteiger partial charge in [-0.25, -0.2) is 9.37 Å². The summed E-state index contributed by atoms with van der Waals surface area (Å²) in [6.45, 7) is 0. The molecule has 6 heteroatoms. The van der Waals surface area contributed by atoms with E-state index in [2.05, 4.69) is 15.6 Å². The van der Waals surface area contributed by atoms with Gasteiger partial charge in [-0.15, -0.1) is 0 Å². The SMILES string of the molecule is O=C(Nc1cccc(F)c1)c1cccc(C(=O)NC2CCCCC2)n1. The third kappa shape index (κ3) is 4.62. The van der Waals surface area contributed by atoms with Gasteiger partial charge in [0, 0.05) is 11.7 Å². The molecule has 0 atom stereocenters. The van der Waals surface area contributed by atoms with E-state index in [4.69, 9.17) is 0 Å². The first-order valence-electron chi connectivity index (χ1n) is 8.46. The molecule has 1 fully saturated rings. The van der Waals surface area contributed by atoms with Gasteiger partial charge in [0.25, 0.3) is 11.8 Å². The maximum atomic E-state index is 13.2. The molecule has 1 aliphatic rings. The first kappa shape index (κ1) is 17.1. The molecular formula is C19H20FN3O2. The molecule has 2 aromatic rings. The zero-order chi connectivity index (χ0) is 17.6. The predicted molar refractivity (Wildman–Crippen MR) is 92.9 cm³/mol. The van der Waals surface area contributed by atoms with E-state index in [9.17, 15) is 14.0 Å². The smallest absolute Gasteiger partial charge is 0.274 e. The molecule has 25 heavy (non-hydrogen) atoms. The van der Waals surface area contributed by atoms with Gasteiger partial charge < -0.3 is 10.6 Å². The summed E-state index contributed by atoms with van der Waals surface area (Å²) in [5.41, 5.74) is 0.655. The number of hydrogen-bond acceptors (Lipinski definition) is 3. The maximum Gasteiger partial charge on any atom is 0.274 e. The average Bonchev–Trinajstić information content (AvgIpc) is 2.62. The number of nitrogens with zero attached hydrogens (tertiary/aromatic N) is 1. The third-order valence-electron chi connectivity index (χ3n) is 4.24. The van der Waals surface area contributed by atoms with Crippen molar-refractivity contribution in [1.29, 1.82) is 0 Å². The van der Waals surface area contributed by atoms with Crippen LogP contribution in [0.5, 0.6) is 0 Å². The summed E-state index contributed by atoms with van der Waals surface area (Å²) in [6.07, 6.45) is 5.40. The Labute approximate surface area is 145 Å². The molecule has 1 aliphatic carbocycles. The highest BCUT2D eigenvalue weighted by Gasteiger charge is 2.18. The Balaban J connectivity index is 1.67. The number of anilines is 1. The van der Waals surface area contributed by atoms with Gasteiger partial charge in [0.15, 0.2) is 0 Å². The van der Waals surface area contributed by atoms with Gasteiger partial charge in [-0.05, 0) is 43.2 Å². The van der Waals surface area contributed by atoms with Crippen LogP contribution in [0, 0.1) is 5.82 Å². The second-order valence-corrected chi connectivity index (χ2v) is 6.18. The third-order valence-corrected chi connectivity index (χ3v) is 4.24. The van der Waals surface area contributed by atoms with Crippen molar-refractivity contribution in [3.05, 3.63) is 59.7 Å². The summed E-state index contributed by atoms with van der Waals surface area (Å²) in [5.74, 6) is -1.20. The Morgan fingerprint density at radius 2 is 1.64 bits per heavy atom. The van der Waals surface area contributed by atoms with E-state index in [0.29, 0.717) is 5.69 Å². The molecule has 0 saturated heterocycles. The van der Waals surface area contributed by atoms with Crippen molar-refractivity contribution >= 4 is 17.5 Å². The molecule has 0 unspecified atom stereocenters. The van der Waals surface area contributed by atoms with Crippen molar-refractivity contribution in [3.8, 4) is 0 Å². The molecule has 1 aromatic carbocycles. The van der Waals surface area contributed by atoms with Crippen LogP contribution in [0.4, 0.5) is 10.1 Å². The Kier molecular flexibility index (Phi) is 5.38. The largest absolute Gasteiger partial charge is 0.348 e. The lowest BCUT2D eigenvalue weighted by atomic mass is 9.95. The van der Waals surface area contributed by atoms with Crippen molar-refractivity contribution < 1.29 is 14.0 Å². The number of carbonyl (C=O) groups is 2. The van der Waals surface area contributed by atoms with Crippen molar-refractivity contribution in [2.24, 2.45) is 0 Å². The maximum absolute atomic E-state index is 13.2. The van der Waals surface area contributed by atoms with Crippen molar-refractivity contribution in [2.75, 3.05) is 5.32 Å². The van der Waals surface area contributed by atoms with E-state index in [1.54, 1.807) is 18.2 Å². The van der Waals surface area contributed by atoms with Gasteiger partial charge in [-0.3, -0.25) is 9.59 Å². The van der Waals surface area contributed by atoms with E-state index in [-0.39, 0.29) is 23.3 Å². The molecule has 0 bridgehead atoms. The molecule has 0 spiro atoms. The van der Waals surface area contributed by atoms with E-state index in [1.165, 1.54) is 30.7 Å². The van der Waals surface area contributed by atoms with Gasteiger partial charge in [-0.2, -0.15) is 0 Å². The lowest BCUT2D eigenvalue weighted by molar-refractivity contribution is 0.0922. The molecule has 1 aromatic heterocycles. The van der Waals surface area contributed by atoms with Crippen molar-refractivity contribution in [2.45, 2.75) is 38.1 Å². The Morgan fingerprint density at radius 3 is 2.36 bits per heavy atom. The van der Waals surface area contributed by atoms with E-state index in [0.717, 1.165) is 25.7 Å².